The van der Waals surface area contributed by atoms with E-state index in [1.54, 1.807) is 13.8 Å². The van der Waals surface area contributed by atoms with E-state index in [0.29, 0.717) is 0 Å². The number of nitrogens with one attached hydrogen (secondary N) is 3. The van der Waals surface area contributed by atoms with Gasteiger partial charge in [0.05, 0.1) is 12.0 Å². The molecule has 0 aliphatic rings. The van der Waals surface area contributed by atoms with Crippen LogP contribution < -0.4 is 16.0 Å². The number of urea groups is 1. The lowest BCUT2D eigenvalue weighted by molar-refractivity contribution is -0.146. The van der Waals surface area contributed by atoms with Gasteiger partial charge in [-0.1, -0.05) is 0 Å². The van der Waals surface area contributed by atoms with E-state index in [-0.39, 0.29) is 12.5 Å². The smallest absolute Gasteiger partial charge is 0.334 e. The fourth-order valence-electron chi connectivity index (χ4n) is 1.06. The molecule has 0 saturated heterocycles. The Balaban J connectivity index is 4.04. The highest BCUT2D eigenvalue weighted by Gasteiger charge is 2.27. The Morgan fingerprint density at radius 1 is 1.22 bits per heavy atom. The maximum Gasteiger partial charge on any atom is 0.334 e. The molecule has 1 unspecified atom stereocenters. The summed E-state index contributed by atoms with van der Waals surface area (Å²) in [5, 5.41) is 24.4. The summed E-state index contributed by atoms with van der Waals surface area (Å²) < 4.78 is 0. The molecule has 1 atom stereocenters. The van der Waals surface area contributed by atoms with Crippen molar-refractivity contribution >= 4 is 17.9 Å². The van der Waals surface area contributed by atoms with Crippen LogP contribution in [-0.2, 0) is 9.59 Å². The lowest BCUT2D eigenvalue weighted by Gasteiger charge is -2.22. The van der Waals surface area contributed by atoms with E-state index in [4.69, 9.17) is 10.2 Å². The standard InChI is InChI=1S/C10H19N3O5/c1-10(2,8(17)11-3)5-13-9(18)12-4-6(14)7(15)16/h6,14H,4-5H2,1-3H3,(H,11,17)(H,15,16)(H2,12,13,18). The maximum atomic E-state index is 11.4. The molecular formula is C10H19N3O5. The highest BCUT2D eigenvalue weighted by molar-refractivity contribution is 5.83. The molecule has 0 rings (SSSR count). The predicted molar refractivity (Wildman–Crippen MR) is 62.9 cm³/mol. The first-order valence-corrected chi connectivity index (χ1v) is 5.35. The van der Waals surface area contributed by atoms with E-state index >= 15 is 0 Å². The van der Waals surface area contributed by atoms with Gasteiger partial charge in [0.15, 0.2) is 6.10 Å². The lowest BCUT2D eigenvalue weighted by atomic mass is 9.92. The van der Waals surface area contributed by atoms with Crippen LogP contribution in [-0.4, -0.2) is 54.4 Å². The summed E-state index contributed by atoms with van der Waals surface area (Å²) in [6, 6.07) is -0.646. The fraction of sp³-hybridized carbons (Fsp3) is 0.700. The molecule has 104 valence electrons. The minimum absolute atomic E-state index is 0.0850. The summed E-state index contributed by atoms with van der Waals surface area (Å²) in [6.45, 7) is 2.99. The number of rotatable bonds is 6. The van der Waals surface area contributed by atoms with Gasteiger partial charge in [-0.25, -0.2) is 9.59 Å². The zero-order chi connectivity index (χ0) is 14.3. The van der Waals surface area contributed by atoms with Crippen molar-refractivity contribution in [3.63, 3.8) is 0 Å². The van der Waals surface area contributed by atoms with E-state index < -0.39 is 30.1 Å². The van der Waals surface area contributed by atoms with Gasteiger partial charge in [0.1, 0.15) is 0 Å². The van der Waals surface area contributed by atoms with Gasteiger partial charge in [-0.3, -0.25) is 4.79 Å². The molecule has 0 heterocycles. The number of carbonyl (C=O) groups is 3. The summed E-state index contributed by atoms with van der Waals surface area (Å²) in [7, 11) is 1.49. The first-order chi connectivity index (χ1) is 8.20. The molecule has 0 aromatic heterocycles. The van der Waals surface area contributed by atoms with Crippen molar-refractivity contribution in [3.05, 3.63) is 0 Å². The van der Waals surface area contributed by atoms with Gasteiger partial charge in [0, 0.05) is 13.6 Å². The average Bonchev–Trinajstić information content (AvgIpc) is 2.31. The van der Waals surface area contributed by atoms with Crippen LogP contribution in [0, 0.1) is 5.41 Å². The molecule has 0 saturated carbocycles. The van der Waals surface area contributed by atoms with E-state index in [2.05, 4.69) is 16.0 Å². The Morgan fingerprint density at radius 3 is 2.22 bits per heavy atom. The number of hydrogen-bond acceptors (Lipinski definition) is 4. The zero-order valence-corrected chi connectivity index (χ0v) is 10.6. The second-order valence-electron chi connectivity index (χ2n) is 4.38. The zero-order valence-electron chi connectivity index (χ0n) is 10.6. The summed E-state index contributed by atoms with van der Waals surface area (Å²) in [4.78, 5) is 33.0. The average molecular weight is 261 g/mol. The van der Waals surface area contributed by atoms with E-state index in [1.165, 1.54) is 7.05 Å². The molecule has 0 radical (unpaired) electrons. The number of carboxylic acid groups (broad SMARTS) is 1. The Kier molecular flexibility index (Phi) is 6.11. The van der Waals surface area contributed by atoms with Crippen molar-refractivity contribution in [2.45, 2.75) is 20.0 Å². The van der Waals surface area contributed by atoms with Crippen LogP contribution >= 0.6 is 0 Å². The molecule has 8 heteroatoms. The van der Waals surface area contributed by atoms with Crippen LogP contribution in [0.2, 0.25) is 0 Å². The number of amides is 3. The SMILES string of the molecule is CNC(=O)C(C)(C)CNC(=O)NCC(O)C(=O)O. The highest BCUT2D eigenvalue weighted by Crippen LogP contribution is 2.12. The highest BCUT2D eigenvalue weighted by atomic mass is 16.4. The monoisotopic (exact) mass is 261 g/mol. The minimum Gasteiger partial charge on any atom is -0.479 e. The van der Waals surface area contributed by atoms with Crippen molar-refractivity contribution in [1.29, 1.82) is 0 Å². The van der Waals surface area contributed by atoms with Crippen LogP contribution in [0.5, 0.6) is 0 Å². The molecule has 18 heavy (non-hydrogen) atoms. The van der Waals surface area contributed by atoms with Crippen LogP contribution in [0.1, 0.15) is 13.8 Å². The largest absolute Gasteiger partial charge is 0.479 e. The van der Waals surface area contributed by atoms with Crippen molar-refractivity contribution in [2.24, 2.45) is 5.41 Å². The summed E-state index contributed by atoms with van der Waals surface area (Å²) in [5.41, 5.74) is -0.780. The topological polar surface area (TPSA) is 128 Å². The number of aliphatic hydroxyl groups is 1. The van der Waals surface area contributed by atoms with Gasteiger partial charge < -0.3 is 26.2 Å². The molecular weight excluding hydrogens is 242 g/mol. The first-order valence-electron chi connectivity index (χ1n) is 5.35. The molecule has 5 N–H and O–H groups in total. The van der Waals surface area contributed by atoms with Gasteiger partial charge >= 0.3 is 12.0 Å². The van der Waals surface area contributed by atoms with Crippen molar-refractivity contribution in [3.8, 4) is 0 Å². The van der Waals surface area contributed by atoms with Gasteiger partial charge in [-0.2, -0.15) is 0 Å². The molecule has 0 spiro atoms. The van der Waals surface area contributed by atoms with Crippen LogP contribution in [0.25, 0.3) is 0 Å². The summed E-state index contributed by atoms with van der Waals surface area (Å²) in [5.74, 6) is -1.64. The first kappa shape index (κ1) is 16.2. The normalized spacial score (nSPS) is 12.4. The van der Waals surface area contributed by atoms with Crippen molar-refractivity contribution in [1.82, 2.24) is 16.0 Å². The Morgan fingerprint density at radius 2 is 1.78 bits per heavy atom. The third-order valence-corrected chi connectivity index (χ3v) is 2.27. The Bertz CT molecular complexity index is 329. The molecule has 0 aliphatic heterocycles. The molecule has 0 bridgehead atoms. The molecule has 8 nitrogen and oxygen atoms in total. The molecule has 0 aromatic carbocycles. The molecule has 0 aliphatic carbocycles. The van der Waals surface area contributed by atoms with E-state index in [0.717, 1.165) is 0 Å². The van der Waals surface area contributed by atoms with Gasteiger partial charge in [-0.05, 0) is 13.8 Å². The summed E-state index contributed by atoms with van der Waals surface area (Å²) >= 11 is 0. The Labute approximate surface area is 105 Å². The van der Waals surface area contributed by atoms with Crippen LogP contribution in [0.15, 0.2) is 0 Å². The van der Waals surface area contributed by atoms with Crippen LogP contribution in [0.3, 0.4) is 0 Å². The quantitative estimate of drug-likeness (QED) is 0.398. The minimum atomic E-state index is -1.65. The van der Waals surface area contributed by atoms with E-state index in [1.807, 2.05) is 0 Å². The second kappa shape index (κ2) is 6.80. The molecule has 0 aromatic rings. The Hall–Kier alpha value is -1.83. The lowest BCUT2D eigenvalue weighted by Crippen LogP contribution is -2.48. The third-order valence-electron chi connectivity index (χ3n) is 2.27. The molecule has 3 amide bonds. The predicted octanol–water partition coefficient (Wildman–Crippen LogP) is -1.50. The number of carbonyl (C=O) groups excluding carboxylic acids is 2. The number of aliphatic carboxylic acids is 1. The fourth-order valence-corrected chi connectivity index (χ4v) is 1.06. The number of carboxylic acids is 1. The van der Waals surface area contributed by atoms with Crippen molar-refractivity contribution in [2.75, 3.05) is 20.1 Å². The van der Waals surface area contributed by atoms with Gasteiger partial charge in [0.2, 0.25) is 5.91 Å². The second-order valence-corrected chi connectivity index (χ2v) is 4.38. The van der Waals surface area contributed by atoms with Crippen molar-refractivity contribution < 1.29 is 24.6 Å². The summed E-state index contributed by atoms with van der Waals surface area (Å²) in [6.07, 6.45) is -1.65. The maximum absolute atomic E-state index is 11.4. The number of aliphatic hydroxyl groups excluding tert-OH is 1. The molecule has 0 fully saturated rings. The van der Waals surface area contributed by atoms with Crippen LogP contribution in [0.4, 0.5) is 4.79 Å². The van der Waals surface area contributed by atoms with Gasteiger partial charge in [0.25, 0.3) is 0 Å². The van der Waals surface area contributed by atoms with E-state index in [9.17, 15) is 14.4 Å². The van der Waals surface area contributed by atoms with Gasteiger partial charge in [-0.15, -0.1) is 0 Å². The third kappa shape index (κ3) is 5.48. The number of hydrogen-bond donors (Lipinski definition) is 5.